The van der Waals surface area contributed by atoms with Crippen molar-refractivity contribution in [1.29, 1.82) is 0 Å². The molecule has 0 aliphatic heterocycles. The number of rotatable bonds is 6. The van der Waals surface area contributed by atoms with Crippen LogP contribution in [0.15, 0.2) is 48.5 Å². The van der Waals surface area contributed by atoms with Crippen LogP contribution in [0, 0.1) is 0 Å². The summed E-state index contributed by atoms with van der Waals surface area (Å²) in [4.78, 5) is 23.4. The first-order valence-corrected chi connectivity index (χ1v) is 8.07. The van der Waals surface area contributed by atoms with Gasteiger partial charge in [-0.05, 0) is 42.2 Å². The normalized spacial score (nSPS) is 10.1. The van der Waals surface area contributed by atoms with Crippen LogP contribution in [0.3, 0.4) is 0 Å². The molecule has 24 heavy (non-hydrogen) atoms. The van der Waals surface area contributed by atoms with Gasteiger partial charge in [-0.1, -0.05) is 37.3 Å². The molecule has 0 aromatic heterocycles. The van der Waals surface area contributed by atoms with Crippen molar-refractivity contribution < 1.29 is 9.59 Å². The summed E-state index contributed by atoms with van der Waals surface area (Å²) >= 11 is 0. The number of carbonyl (C=O) groups excluding carboxylic acids is 2. The fraction of sp³-hybridized carbons (Fsp3) is 0.263. The van der Waals surface area contributed by atoms with E-state index in [1.807, 2.05) is 0 Å². The highest BCUT2D eigenvalue weighted by atomic mass is 16.2. The SMILES string of the molecule is CCc1ccc(CCC(=O)Nc2cccc(NC(=O)NC)c2)cc1. The first kappa shape index (κ1) is 17.5. The number of amides is 3. The van der Waals surface area contributed by atoms with Crippen molar-refractivity contribution in [2.75, 3.05) is 17.7 Å². The average Bonchev–Trinajstić information content (AvgIpc) is 2.60. The second kappa shape index (κ2) is 8.72. The first-order valence-electron chi connectivity index (χ1n) is 8.07. The van der Waals surface area contributed by atoms with Crippen LogP contribution in [0.25, 0.3) is 0 Å². The Balaban J connectivity index is 1.87. The monoisotopic (exact) mass is 325 g/mol. The summed E-state index contributed by atoms with van der Waals surface area (Å²) < 4.78 is 0. The molecule has 0 saturated heterocycles. The number of carbonyl (C=O) groups is 2. The first-order chi connectivity index (χ1) is 11.6. The molecule has 0 aliphatic rings. The lowest BCUT2D eigenvalue weighted by atomic mass is 10.1. The van der Waals surface area contributed by atoms with Gasteiger partial charge in [0.15, 0.2) is 0 Å². The van der Waals surface area contributed by atoms with E-state index in [1.165, 1.54) is 5.56 Å². The molecule has 0 bridgehead atoms. The van der Waals surface area contributed by atoms with Gasteiger partial charge in [0.1, 0.15) is 0 Å². The van der Waals surface area contributed by atoms with Gasteiger partial charge < -0.3 is 16.0 Å². The molecule has 126 valence electrons. The lowest BCUT2D eigenvalue weighted by Gasteiger charge is -2.09. The minimum atomic E-state index is -0.297. The number of hydrogen-bond donors (Lipinski definition) is 3. The maximum atomic E-state index is 12.1. The molecule has 0 aliphatic carbocycles. The van der Waals surface area contributed by atoms with Gasteiger partial charge in [-0.3, -0.25) is 4.79 Å². The van der Waals surface area contributed by atoms with E-state index in [1.54, 1.807) is 31.3 Å². The molecule has 5 nitrogen and oxygen atoms in total. The summed E-state index contributed by atoms with van der Waals surface area (Å²) in [5.41, 5.74) is 3.73. The van der Waals surface area contributed by atoms with Gasteiger partial charge in [-0.25, -0.2) is 4.79 Å². The highest BCUT2D eigenvalue weighted by Crippen LogP contribution is 2.15. The molecule has 2 aromatic rings. The predicted molar refractivity (Wildman–Crippen MR) is 97.3 cm³/mol. The summed E-state index contributed by atoms with van der Waals surface area (Å²) in [6, 6.07) is 15.1. The molecule has 0 radical (unpaired) electrons. The predicted octanol–water partition coefficient (Wildman–Crippen LogP) is 3.57. The summed E-state index contributed by atoms with van der Waals surface area (Å²) in [7, 11) is 1.55. The zero-order chi connectivity index (χ0) is 17.4. The van der Waals surface area contributed by atoms with Crippen molar-refractivity contribution in [2.24, 2.45) is 0 Å². The Morgan fingerprint density at radius 2 is 1.54 bits per heavy atom. The molecule has 0 heterocycles. The van der Waals surface area contributed by atoms with Crippen LogP contribution in [0.5, 0.6) is 0 Å². The van der Waals surface area contributed by atoms with Crippen LogP contribution in [0.2, 0.25) is 0 Å². The number of aryl methyl sites for hydroxylation is 2. The maximum Gasteiger partial charge on any atom is 0.318 e. The van der Waals surface area contributed by atoms with E-state index in [0.717, 1.165) is 12.0 Å². The van der Waals surface area contributed by atoms with Gasteiger partial charge in [0.25, 0.3) is 0 Å². The lowest BCUT2D eigenvalue weighted by molar-refractivity contribution is -0.116. The number of nitrogens with one attached hydrogen (secondary N) is 3. The summed E-state index contributed by atoms with van der Waals surface area (Å²) in [5.74, 6) is -0.0494. The molecule has 3 N–H and O–H groups in total. The van der Waals surface area contributed by atoms with Gasteiger partial charge >= 0.3 is 6.03 Å². The Hall–Kier alpha value is -2.82. The molecular weight excluding hydrogens is 302 g/mol. The Kier molecular flexibility index (Phi) is 6.37. The lowest BCUT2D eigenvalue weighted by Crippen LogP contribution is -2.24. The zero-order valence-electron chi connectivity index (χ0n) is 14.1. The van der Waals surface area contributed by atoms with Crippen LogP contribution in [-0.2, 0) is 17.6 Å². The van der Waals surface area contributed by atoms with Crippen molar-refractivity contribution in [3.05, 3.63) is 59.7 Å². The Morgan fingerprint density at radius 1 is 0.917 bits per heavy atom. The highest BCUT2D eigenvalue weighted by Gasteiger charge is 2.05. The third-order valence-corrected chi connectivity index (χ3v) is 3.70. The molecule has 0 atom stereocenters. The van der Waals surface area contributed by atoms with E-state index >= 15 is 0 Å². The average molecular weight is 325 g/mol. The summed E-state index contributed by atoms with van der Waals surface area (Å²) in [6.07, 6.45) is 2.13. The maximum absolute atomic E-state index is 12.1. The molecule has 2 aromatic carbocycles. The molecule has 0 fully saturated rings. The Bertz CT molecular complexity index is 696. The Labute approximate surface area is 142 Å². The molecule has 0 spiro atoms. The van der Waals surface area contributed by atoms with Crippen molar-refractivity contribution >= 4 is 23.3 Å². The van der Waals surface area contributed by atoms with Gasteiger partial charge in [0.05, 0.1) is 0 Å². The van der Waals surface area contributed by atoms with Crippen LogP contribution in [0.4, 0.5) is 16.2 Å². The fourth-order valence-electron chi connectivity index (χ4n) is 2.29. The van der Waals surface area contributed by atoms with E-state index in [9.17, 15) is 9.59 Å². The molecule has 0 saturated carbocycles. The minimum Gasteiger partial charge on any atom is -0.341 e. The quantitative estimate of drug-likeness (QED) is 0.760. The molecule has 2 rings (SSSR count). The van der Waals surface area contributed by atoms with E-state index in [-0.39, 0.29) is 11.9 Å². The van der Waals surface area contributed by atoms with Crippen LogP contribution in [0.1, 0.15) is 24.5 Å². The largest absolute Gasteiger partial charge is 0.341 e. The third-order valence-electron chi connectivity index (χ3n) is 3.70. The third kappa shape index (κ3) is 5.43. The van der Waals surface area contributed by atoms with Crippen molar-refractivity contribution in [3.8, 4) is 0 Å². The minimum absolute atomic E-state index is 0.0494. The molecule has 3 amide bonds. The van der Waals surface area contributed by atoms with Crippen LogP contribution in [-0.4, -0.2) is 19.0 Å². The van der Waals surface area contributed by atoms with E-state index in [0.29, 0.717) is 24.2 Å². The van der Waals surface area contributed by atoms with E-state index in [2.05, 4.69) is 47.1 Å². The van der Waals surface area contributed by atoms with E-state index in [4.69, 9.17) is 0 Å². The zero-order valence-corrected chi connectivity index (χ0v) is 14.1. The van der Waals surface area contributed by atoms with Crippen molar-refractivity contribution in [3.63, 3.8) is 0 Å². The van der Waals surface area contributed by atoms with Gasteiger partial charge in [-0.15, -0.1) is 0 Å². The second-order valence-electron chi connectivity index (χ2n) is 5.50. The smallest absolute Gasteiger partial charge is 0.318 e. The van der Waals surface area contributed by atoms with E-state index < -0.39 is 0 Å². The van der Waals surface area contributed by atoms with Crippen molar-refractivity contribution in [2.45, 2.75) is 26.2 Å². The summed E-state index contributed by atoms with van der Waals surface area (Å²) in [5, 5.41) is 8.01. The van der Waals surface area contributed by atoms with Crippen LogP contribution < -0.4 is 16.0 Å². The molecule has 5 heteroatoms. The fourth-order valence-corrected chi connectivity index (χ4v) is 2.29. The van der Waals surface area contributed by atoms with Gasteiger partial charge in [0.2, 0.25) is 5.91 Å². The molecular formula is C19H23N3O2. The second-order valence-corrected chi connectivity index (χ2v) is 5.50. The van der Waals surface area contributed by atoms with Crippen molar-refractivity contribution in [1.82, 2.24) is 5.32 Å². The highest BCUT2D eigenvalue weighted by molar-refractivity contribution is 5.93. The molecule has 0 unspecified atom stereocenters. The van der Waals surface area contributed by atoms with Gasteiger partial charge in [0, 0.05) is 24.8 Å². The standard InChI is InChI=1S/C19H23N3O2/c1-3-14-7-9-15(10-8-14)11-12-18(23)21-16-5-4-6-17(13-16)22-19(24)20-2/h4-10,13H,3,11-12H2,1-2H3,(H,21,23)(H2,20,22,24). The topological polar surface area (TPSA) is 70.2 Å². The van der Waals surface area contributed by atoms with Gasteiger partial charge in [-0.2, -0.15) is 0 Å². The van der Waals surface area contributed by atoms with Crippen LogP contribution >= 0.6 is 0 Å². The Morgan fingerprint density at radius 3 is 2.17 bits per heavy atom. The number of urea groups is 1. The summed E-state index contributed by atoms with van der Waals surface area (Å²) in [6.45, 7) is 2.12. The number of benzene rings is 2. The number of hydrogen-bond acceptors (Lipinski definition) is 2. The number of anilines is 2.